The number of rotatable bonds is 4. The molecule has 0 aliphatic carbocycles. The molecular formula is C14H14N2O4. The van der Waals surface area contributed by atoms with Crippen LogP contribution in [-0.2, 0) is 9.59 Å². The summed E-state index contributed by atoms with van der Waals surface area (Å²) >= 11 is 0. The molecular weight excluding hydrogens is 260 g/mol. The van der Waals surface area contributed by atoms with E-state index in [1.54, 1.807) is 44.4 Å². The number of carbonyl (C=O) groups is 2. The molecule has 0 unspecified atom stereocenters. The number of benzene rings is 1. The summed E-state index contributed by atoms with van der Waals surface area (Å²) in [4.78, 5) is 28.0. The van der Waals surface area contributed by atoms with Crippen LogP contribution in [0.5, 0.6) is 5.75 Å². The van der Waals surface area contributed by atoms with Crippen molar-refractivity contribution in [2.24, 2.45) is 4.99 Å². The van der Waals surface area contributed by atoms with Gasteiger partial charge in [0, 0.05) is 0 Å². The Morgan fingerprint density at radius 1 is 1.40 bits per heavy atom. The van der Waals surface area contributed by atoms with Crippen molar-refractivity contribution in [2.45, 2.75) is 6.92 Å². The zero-order chi connectivity index (χ0) is 14.7. The number of hydrogen-bond donors (Lipinski definition) is 1. The lowest BCUT2D eigenvalue weighted by molar-refractivity contribution is -0.140. The highest BCUT2D eigenvalue weighted by Crippen LogP contribution is 2.19. The van der Waals surface area contributed by atoms with Gasteiger partial charge in [-0.2, -0.15) is 0 Å². The highest BCUT2D eigenvalue weighted by molar-refractivity contribution is 6.14. The average Bonchev–Trinajstić information content (AvgIpc) is 2.67. The standard InChI is InChI=1S/C14H14N2O4/c1-9-15-12(14(19)16(9)8-13(17)18)7-10-3-5-11(20-2)6-4-10/h3-7H,8H2,1-2H3,(H,17,18)/b12-7-. The summed E-state index contributed by atoms with van der Waals surface area (Å²) in [5, 5.41) is 8.76. The highest BCUT2D eigenvalue weighted by atomic mass is 16.5. The van der Waals surface area contributed by atoms with E-state index in [2.05, 4.69) is 4.99 Å². The quantitative estimate of drug-likeness (QED) is 0.841. The van der Waals surface area contributed by atoms with Gasteiger partial charge in [0.2, 0.25) is 0 Å². The van der Waals surface area contributed by atoms with Gasteiger partial charge in [0.05, 0.1) is 7.11 Å². The van der Waals surface area contributed by atoms with Crippen LogP contribution in [0.3, 0.4) is 0 Å². The molecule has 6 heteroatoms. The fourth-order valence-electron chi connectivity index (χ4n) is 1.84. The van der Waals surface area contributed by atoms with E-state index >= 15 is 0 Å². The molecule has 20 heavy (non-hydrogen) atoms. The van der Waals surface area contributed by atoms with E-state index in [-0.39, 0.29) is 12.2 Å². The molecule has 1 heterocycles. The van der Waals surface area contributed by atoms with Crippen molar-refractivity contribution in [1.82, 2.24) is 4.90 Å². The van der Waals surface area contributed by atoms with Crippen LogP contribution in [0.4, 0.5) is 0 Å². The molecule has 0 aromatic heterocycles. The first-order valence-corrected chi connectivity index (χ1v) is 5.96. The SMILES string of the molecule is COc1ccc(/C=C2\N=C(C)N(CC(=O)O)C2=O)cc1. The lowest BCUT2D eigenvalue weighted by Crippen LogP contribution is -2.35. The predicted octanol–water partition coefficient (Wildman–Crippen LogP) is 1.38. The van der Waals surface area contributed by atoms with Crippen LogP contribution in [0, 0.1) is 0 Å². The van der Waals surface area contributed by atoms with E-state index in [1.807, 2.05) is 0 Å². The fraction of sp³-hybridized carbons (Fsp3) is 0.214. The van der Waals surface area contributed by atoms with Crippen LogP contribution in [0.2, 0.25) is 0 Å². The molecule has 0 radical (unpaired) electrons. The number of aliphatic carboxylic acids is 1. The molecule has 0 saturated heterocycles. The Labute approximate surface area is 116 Å². The van der Waals surface area contributed by atoms with Gasteiger partial charge in [-0.25, -0.2) is 4.99 Å². The third-order valence-electron chi connectivity index (χ3n) is 2.85. The highest BCUT2D eigenvalue weighted by Gasteiger charge is 2.28. The van der Waals surface area contributed by atoms with Crippen molar-refractivity contribution < 1.29 is 19.4 Å². The smallest absolute Gasteiger partial charge is 0.323 e. The molecule has 0 fully saturated rings. The summed E-state index contributed by atoms with van der Waals surface area (Å²) in [5.74, 6) is -0.367. The van der Waals surface area contributed by atoms with Crippen LogP contribution >= 0.6 is 0 Å². The summed E-state index contributed by atoms with van der Waals surface area (Å²) < 4.78 is 5.05. The molecule has 104 valence electrons. The summed E-state index contributed by atoms with van der Waals surface area (Å²) in [7, 11) is 1.57. The molecule has 2 rings (SSSR count). The summed E-state index contributed by atoms with van der Waals surface area (Å²) in [6.45, 7) is 1.23. The molecule has 6 nitrogen and oxygen atoms in total. The maximum Gasteiger partial charge on any atom is 0.323 e. The summed E-state index contributed by atoms with van der Waals surface area (Å²) in [6, 6.07) is 7.14. The zero-order valence-corrected chi connectivity index (χ0v) is 11.2. The van der Waals surface area contributed by atoms with Crippen LogP contribution in [0.25, 0.3) is 6.08 Å². The van der Waals surface area contributed by atoms with E-state index in [1.165, 1.54) is 0 Å². The third-order valence-corrected chi connectivity index (χ3v) is 2.85. The number of carbonyl (C=O) groups excluding carboxylic acids is 1. The van der Waals surface area contributed by atoms with Crippen molar-refractivity contribution in [3.63, 3.8) is 0 Å². The number of amides is 1. The number of carboxylic acids is 1. The van der Waals surface area contributed by atoms with Gasteiger partial charge >= 0.3 is 5.97 Å². The Bertz CT molecular complexity index is 602. The van der Waals surface area contributed by atoms with Crippen LogP contribution in [0.15, 0.2) is 35.0 Å². The second-order valence-electron chi connectivity index (χ2n) is 4.25. The van der Waals surface area contributed by atoms with Crippen molar-refractivity contribution in [3.8, 4) is 5.75 Å². The molecule has 1 amide bonds. The van der Waals surface area contributed by atoms with Gasteiger partial charge in [0.1, 0.15) is 23.8 Å². The normalized spacial score (nSPS) is 16.5. The minimum absolute atomic E-state index is 0.230. The molecule has 0 bridgehead atoms. The van der Waals surface area contributed by atoms with Gasteiger partial charge in [-0.1, -0.05) is 12.1 Å². The van der Waals surface area contributed by atoms with E-state index in [4.69, 9.17) is 9.84 Å². The van der Waals surface area contributed by atoms with Crippen molar-refractivity contribution in [1.29, 1.82) is 0 Å². The fourth-order valence-corrected chi connectivity index (χ4v) is 1.84. The second-order valence-corrected chi connectivity index (χ2v) is 4.25. The molecule has 1 aliphatic heterocycles. The van der Waals surface area contributed by atoms with E-state index in [0.717, 1.165) is 16.2 Å². The van der Waals surface area contributed by atoms with Crippen LogP contribution in [0.1, 0.15) is 12.5 Å². The van der Waals surface area contributed by atoms with E-state index < -0.39 is 11.9 Å². The van der Waals surface area contributed by atoms with Gasteiger partial charge in [-0.3, -0.25) is 14.5 Å². The van der Waals surface area contributed by atoms with Gasteiger partial charge < -0.3 is 9.84 Å². The number of aliphatic imine (C=N–C) groups is 1. The second kappa shape index (κ2) is 5.56. The molecule has 1 N–H and O–H groups in total. The van der Waals surface area contributed by atoms with Gasteiger partial charge in [-0.15, -0.1) is 0 Å². The average molecular weight is 274 g/mol. The summed E-state index contributed by atoms with van der Waals surface area (Å²) in [6.07, 6.45) is 1.62. The monoisotopic (exact) mass is 274 g/mol. The van der Waals surface area contributed by atoms with Crippen molar-refractivity contribution in [3.05, 3.63) is 35.5 Å². The maximum absolute atomic E-state index is 12.0. The molecule has 0 saturated carbocycles. The Hall–Kier alpha value is -2.63. The molecule has 1 aromatic rings. The first-order valence-electron chi connectivity index (χ1n) is 5.96. The largest absolute Gasteiger partial charge is 0.497 e. The Balaban J connectivity index is 2.22. The minimum Gasteiger partial charge on any atom is -0.497 e. The van der Waals surface area contributed by atoms with Crippen LogP contribution < -0.4 is 4.74 Å². The lowest BCUT2D eigenvalue weighted by Gasteiger charge is -2.11. The van der Waals surface area contributed by atoms with Gasteiger partial charge in [-0.05, 0) is 30.7 Å². The number of nitrogens with zero attached hydrogens (tertiary/aromatic N) is 2. The van der Waals surface area contributed by atoms with Gasteiger partial charge in [0.25, 0.3) is 5.91 Å². The number of hydrogen-bond acceptors (Lipinski definition) is 4. The first kappa shape index (κ1) is 13.8. The third kappa shape index (κ3) is 2.85. The zero-order valence-electron chi connectivity index (χ0n) is 11.2. The number of ether oxygens (including phenoxy) is 1. The molecule has 1 aromatic carbocycles. The number of carboxylic acid groups (broad SMARTS) is 1. The number of amidine groups is 1. The first-order chi connectivity index (χ1) is 9.51. The predicted molar refractivity (Wildman–Crippen MR) is 73.4 cm³/mol. The van der Waals surface area contributed by atoms with Crippen molar-refractivity contribution >= 4 is 23.8 Å². The molecule has 0 spiro atoms. The molecule has 1 aliphatic rings. The van der Waals surface area contributed by atoms with E-state index in [9.17, 15) is 9.59 Å². The Kier molecular flexibility index (Phi) is 3.84. The molecule has 0 atom stereocenters. The lowest BCUT2D eigenvalue weighted by atomic mass is 10.2. The number of methoxy groups -OCH3 is 1. The minimum atomic E-state index is -1.07. The van der Waals surface area contributed by atoms with Gasteiger partial charge in [0.15, 0.2) is 0 Å². The van der Waals surface area contributed by atoms with Crippen LogP contribution in [-0.4, -0.2) is 41.4 Å². The maximum atomic E-state index is 12.0. The summed E-state index contributed by atoms with van der Waals surface area (Å²) in [5.41, 5.74) is 1.02. The van der Waals surface area contributed by atoms with E-state index in [0.29, 0.717) is 5.84 Å². The van der Waals surface area contributed by atoms with Crippen molar-refractivity contribution in [2.75, 3.05) is 13.7 Å². The Morgan fingerprint density at radius 2 is 2.05 bits per heavy atom. The topological polar surface area (TPSA) is 79.2 Å². The Morgan fingerprint density at radius 3 is 2.60 bits per heavy atom.